The number of nitrogens with two attached hydrogens (primary N) is 1. The summed E-state index contributed by atoms with van der Waals surface area (Å²) >= 11 is 3.10. The van der Waals surface area contributed by atoms with E-state index in [0.29, 0.717) is 16.1 Å². The number of benzene rings is 1. The molecule has 2 heterocycles. The number of nitrogens with zero attached hydrogens (tertiary/aromatic N) is 1. The zero-order valence-electron chi connectivity index (χ0n) is 15.4. The van der Waals surface area contributed by atoms with Gasteiger partial charge in [-0.25, -0.2) is 0 Å². The van der Waals surface area contributed by atoms with Crippen molar-refractivity contribution in [2.45, 2.75) is 31.7 Å². The molecule has 1 aromatic heterocycles. The maximum atomic E-state index is 12.8. The highest BCUT2D eigenvalue weighted by Crippen LogP contribution is 2.37. The smallest absolute Gasteiger partial charge is 0.257 e. The van der Waals surface area contributed by atoms with E-state index in [2.05, 4.69) is 24.1 Å². The molecule has 5 nitrogen and oxygen atoms in total. The second kappa shape index (κ2) is 9.59. The fraction of sp³-hybridized carbons (Fsp3) is 0.368. The molecule has 3 rings (SSSR count). The van der Waals surface area contributed by atoms with Crippen molar-refractivity contribution in [2.24, 2.45) is 5.73 Å². The number of hydrogen-bond acceptors (Lipinski definition) is 5. The summed E-state index contributed by atoms with van der Waals surface area (Å²) in [6, 6.07) is 7.52. The van der Waals surface area contributed by atoms with Crippen LogP contribution >= 0.6 is 35.5 Å². The molecule has 0 bridgehead atoms. The third-order valence-electron chi connectivity index (χ3n) is 4.49. The summed E-state index contributed by atoms with van der Waals surface area (Å²) in [5, 5.41) is 3.52. The Bertz CT molecular complexity index is 838. The first-order valence-corrected chi connectivity index (χ1v) is 10.5. The Morgan fingerprint density at radius 1 is 1.30 bits per heavy atom. The van der Waals surface area contributed by atoms with Crippen molar-refractivity contribution in [3.05, 3.63) is 45.8 Å². The Kier molecular flexibility index (Phi) is 7.73. The van der Waals surface area contributed by atoms with E-state index in [1.807, 2.05) is 24.3 Å². The van der Waals surface area contributed by atoms with E-state index >= 15 is 0 Å². The van der Waals surface area contributed by atoms with Crippen LogP contribution in [0.1, 0.15) is 45.0 Å². The molecule has 1 aromatic carbocycles. The third kappa shape index (κ3) is 4.66. The summed E-state index contributed by atoms with van der Waals surface area (Å²) in [6.07, 6.45) is 0.788. The molecule has 1 aliphatic rings. The molecule has 2 aromatic rings. The minimum absolute atomic E-state index is 0. The molecule has 0 fully saturated rings. The highest BCUT2D eigenvalue weighted by Gasteiger charge is 2.27. The Morgan fingerprint density at radius 3 is 2.70 bits per heavy atom. The van der Waals surface area contributed by atoms with Gasteiger partial charge in [0.1, 0.15) is 5.00 Å². The summed E-state index contributed by atoms with van der Waals surface area (Å²) in [7, 11) is 0. The second-order valence-corrected chi connectivity index (χ2v) is 8.49. The van der Waals surface area contributed by atoms with Crippen LogP contribution in [0.5, 0.6) is 0 Å². The molecule has 3 N–H and O–H groups in total. The van der Waals surface area contributed by atoms with Crippen molar-refractivity contribution >= 4 is 52.3 Å². The first kappa shape index (κ1) is 21.8. The maximum Gasteiger partial charge on any atom is 0.257 e. The van der Waals surface area contributed by atoms with Crippen LogP contribution in [0, 0.1) is 0 Å². The molecule has 146 valence electrons. The number of halogens is 1. The number of thioether (sulfide) groups is 1. The Hall–Kier alpha value is -1.54. The number of carbonyl (C=O) groups excluding carboxylic acids is 2. The molecule has 27 heavy (non-hydrogen) atoms. The van der Waals surface area contributed by atoms with Crippen molar-refractivity contribution < 1.29 is 9.59 Å². The minimum Gasteiger partial charge on any atom is -0.365 e. The molecule has 0 saturated heterocycles. The predicted molar refractivity (Wildman–Crippen MR) is 116 cm³/mol. The fourth-order valence-corrected chi connectivity index (χ4v) is 5.27. The number of nitrogens with one attached hydrogen (secondary N) is 1. The molecular formula is C19H24ClN3O2S2. The predicted octanol–water partition coefficient (Wildman–Crippen LogP) is 4.01. The van der Waals surface area contributed by atoms with Gasteiger partial charge in [-0.3, -0.25) is 14.5 Å². The average molecular weight is 426 g/mol. The van der Waals surface area contributed by atoms with Crippen molar-refractivity contribution in [1.29, 1.82) is 0 Å². The van der Waals surface area contributed by atoms with E-state index in [0.717, 1.165) is 47.1 Å². The highest BCUT2D eigenvalue weighted by atomic mass is 35.5. The lowest BCUT2D eigenvalue weighted by molar-refractivity contribution is 0.1000. The van der Waals surface area contributed by atoms with Crippen LogP contribution < -0.4 is 11.1 Å². The van der Waals surface area contributed by atoms with E-state index in [1.165, 1.54) is 11.3 Å². The van der Waals surface area contributed by atoms with Gasteiger partial charge < -0.3 is 11.1 Å². The Balaban J connectivity index is 0.00000261. The molecular weight excluding hydrogens is 402 g/mol. The quantitative estimate of drug-likeness (QED) is 0.685. The number of thiophene rings is 1. The Morgan fingerprint density at radius 2 is 2.04 bits per heavy atom. The number of fused-ring (bicyclic) bond motifs is 1. The van der Waals surface area contributed by atoms with E-state index in [9.17, 15) is 9.59 Å². The lowest BCUT2D eigenvalue weighted by atomic mass is 10.0. The average Bonchev–Trinajstić information content (AvgIpc) is 2.99. The molecule has 0 unspecified atom stereocenters. The molecule has 0 aliphatic carbocycles. The first-order chi connectivity index (χ1) is 12.5. The monoisotopic (exact) mass is 425 g/mol. The molecule has 1 aliphatic heterocycles. The lowest BCUT2D eigenvalue weighted by Crippen LogP contribution is -2.30. The zero-order chi connectivity index (χ0) is 18.7. The number of primary amides is 1. The number of hydrogen-bond donors (Lipinski definition) is 2. The standard InChI is InChI=1S/C19H23N3O2S2.ClH/c1-3-22-10-9-12-15(11-22)26-19(16(12)17(20)23)21-18(24)13-7-5-6-8-14(13)25-4-2;/h5-8H,3-4,9-11H2,1-2H3,(H2,20,23)(H,21,24);1H. The summed E-state index contributed by atoms with van der Waals surface area (Å²) in [5.74, 6) is 0.214. The van der Waals surface area contributed by atoms with Crippen molar-refractivity contribution in [1.82, 2.24) is 4.90 Å². The summed E-state index contributed by atoms with van der Waals surface area (Å²) in [4.78, 5) is 29.3. The highest BCUT2D eigenvalue weighted by molar-refractivity contribution is 7.99. The van der Waals surface area contributed by atoms with Gasteiger partial charge in [0.2, 0.25) is 0 Å². The lowest BCUT2D eigenvalue weighted by Gasteiger charge is -2.25. The van der Waals surface area contributed by atoms with Crippen LogP contribution in [0.3, 0.4) is 0 Å². The van der Waals surface area contributed by atoms with Gasteiger partial charge in [0.05, 0.1) is 11.1 Å². The van der Waals surface area contributed by atoms with Crippen LogP contribution in [-0.2, 0) is 13.0 Å². The van der Waals surface area contributed by atoms with Gasteiger partial charge in [-0.15, -0.1) is 35.5 Å². The van der Waals surface area contributed by atoms with Crippen molar-refractivity contribution in [3.8, 4) is 0 Å². The van der Waals surface area contributed by atoms with Gasteiger partial charge >= 0.3 is 0 Å². The third-order valence-corrected chi connectivity index (χ3v) is 6.58. The number of anilines is 1. The van der Waals surface area contributed by atoms with Crippen LogP contribution in [0.2, 0.25) is 0 Å². The SMILES string of the molecule is CCSc1ccccc1C(=O)Nc1sc2c(c1C(N)=O)CCN(CC)C2.Cl. The Labute approximate surface area is 174 Å². The number of likely N-dealkylation sites (N-methyl/N-ethyl adjacent to an activating group) is 1. The minimum atomic E-state index is -0.473. The normalized spacial score (nSPS) is 13.6. The van der Waals surface area contributed by atoms with Gasteiger partial charge in [-0.05, 0) is 36.4 Å². The van der Waals surface area contributed by atoms with Gasteiger partial charge in [0, 0.05) is 22.9 Å². The summed E-state index contributed by atoms with van der Waals surface area (Å²) in [5.41, 5.74) is 7.74. The largest absolute Gasteiger partial charge is 0.365 e. The van der Waals surface area contributed by atoms with Gasteiger partial charge in [-0.2, -0.15) is 0 Å². The molecule has 0 spiro atoms. The first-order valence-electron chi connectivity index (χ1n) is 8.75. The second-order valence-electron chi connectivity index (χ2n) is 6.07. The summed E-state index contributed by atoms with van der Waals surface area (Å²) < 4.78 is 0. The van der Waals surface area contributed by atoms with Crippen LogP contribution in [0.15, 0.2) is 29.2 Å². The topological polar surface area (TPSA) is 75.4 Å². The number of amides is 2. The molecule has 2 amide bonds. The summed E-state index contributed by atoms with van der Waals surface area (Å²) in [6.45, 7) is 6.85. The van der Waals surface area contributed by atoms with E-state index in [-0.39, 0.29) is 18.3 Å². The zero-order valence-corrected chi connectivity index (χ0v) is 17.9. The molecule has 0 saturated carbocycles. The van der Waals surface area contributed by atoms with E-state index in [1.54, 1.807) is 11.8 Å². The molecule has 8 heteroatoms. The number of carbonyl (C=O) groups is 2. The van der Waals surface area contributed by atoms with Gasteiger partial charge in [-0.1, -0.05) is 26.0 Å². The van der Waals surface area contributed by atoms with Crippen molar-refractivity contribution in [2.75, 3.05) is 24.2 Å². The fourth-order valence-electron chi connectivity index (χ4n) is 3.18. The van der Waals surface area contributed by atoms with Crippen LogP contribution in [0.25, 0.3) is 0 Å². The maximum absolute atomic E-state index is 12.8. The van der Waals surface area contributed by atoms with Gasteiger partial charge in [0.25, 0.3) is 11.8 Å². The van der Waals surface area contributed by atoms with E-state index in [4.69, 9.17) is 5.73 Å². The van der Waals surface area contributed by atoms with Crippen LogP contribution in [0.4, 0.5) is 5.00 Å². The van der Waals surface area contributed by atoms with Crippen molar-refractivity contribution in [3.63, 3.8) is 0 Å². The number of rotatable bonds is 6. The van der Waals surface area contributed by atoms with E-state index < -0.39 is 5.91 Å². The molecule has 0 radical (unpaired) electrons. The van der Waals surface area contributed by atoms with Crippen LogP contribution in [-0.4, -0.2) is 35.6 Å². The van der Waals surface area contributed by atoms with Gasteiger partial charge in [0.15, 0.2) is 0 Å². The molecule has 0 atom stereocenters.